The van der Waals surface area contributed by atoms with Crippen molar-refractivity contribution in [3.8, 4) is 0 Å². The smallest absolute Gasteiger partial charge is 0.251 e. The van der Waals surface area contributed by atoms with E-state index in [9.17, 15) is 13.2 Å². The molecule has 0 spiro atoms. The second-order valence-corrected chi connectivity index (χ2v) is 6.19. The van der Waals surface area contributed by atoms with Crippen LogP contribution in [-0.4, -0.2) is 26.6 Å². The van der Waals surface area contributed by atoms with E-state index in [1.165, 1.54) is 6.07 Å². The molecular formula is C13H20N2O3S. The summed E-state index contributed by atoms with van der Waals surface area (Å²) in [6, 6.07) is 6.58. The lowest BCUT2D eigenvalue weighted by Crippen LogP contribution is -2.33. The average Bonchev–Trinajstić information content (AvgIpc) is 2.34. The van der Waals surface area contributed by atoms with Crippen LogP contribution in [0.4, 0.5) is 5.69 Å². The topological polar surface area (TPSA) is 75.3 Å². The normalized spacial score (nSPS) is 11.4. The van der Waals surface area contributed by atoms with Gasteiger partial charge in [0.1, 0.15) is 0 Å². The van der Waals surface area contributed by atoms with Gasteiger partial charge in [0.15, 0.2) is 0 Å². The van der Waals surface area contributed by atoms with Crippen molar-refractivity contribution in [2.45, 2.75) is 32.7 Å². The van der Waals surface area contributed by atoms with Crippen LogP contribution in [0.15, 0.2) is 24.3 Å². The van der Waals surface area contributed by atoms with E-state index in [1.54, 1.807) is 18.2 Å². The highest BCUT2D eigenvalue weighted by Crippen LogP contribution is 2.12. The Labute approximate surface area is 114 Å². The number of sulfonamides is 1. The van der Waals surface area contributed by atoms with Gasteiger partial charge in [-0.05, 0) is 31.0 Å². The Hall–Kier alpha value is -1.56. The van der Waals surface area contributed by atoms with Gasteiger partial charge < -0.3 is 5.32 Å². The molecule has 0 saturated heterocycles. The molecule has 0 aliphatic rings. The molecule has 0 radical (unpaired) electrons. The molecule has 0 aromatic heterocycles. The number of anilines is 1. The number of nitrogens with one attached hydrogen (secondary N) is 2. The number of hydrogen-bond donors (Lipinski definition) is 2. The van der Waals surface area contributed by atoms with Crippen molar-refractivity contribution in [2.75, 3.05) is 11.0 Å². The lowest BCUT2D eigenvalue weighted by atomic mass is 10.1. The number of carbonyl (C=O) groups excluding carboxylic acids is 1. The van der Waals surface area contributed by atoms with Crippen LogP contribution >= 0.6 is 0 Å². The Kier molecular flexibility index (Phi) is 5.35. The standard InChI is InChI=1S/C13H20N2O3S/c1-4-11(5-2)14-13(16)10-7-6-8-12(9-10)15-19(3,17)18/h6-9,11,15H,4-5H2,1-3H3,(H,14,16). The molecule has 2 N–H and O–H groups in total. The van der Waals surface area contributed by atoms with Gasteiger partial charge in [0.25, 0.3) is 5.91 Å². The maximum atomic E-state index is 12.0. The third kappa shape index (κ3) is 5.30. The van der Waals surface area contributed by atoms with Crippen LogP contribution in [0.3, 0.4) is 0 Å². The van der Waals surface area contributed by atoms with Gasteiger partial charge in [0.2, 0.25) is 10.0 Å². The van der Waals surface area contributed by atoms with Crippen LogP contribution < -0.4 is 10.0 Å². The first-order chi connectivity index (χ1) is 8.85. The molecule has 0 saturated carbocycles. The molecular weight excluding hydrogens is 264 g/mol. The van der Waals surface area contributed by atoms with Gasteiger partial charge >= 0.3 is 0 Å². The van der Waals surface area contributed by atoms with E-state index in [0.29, 0.717) is 11.3 Å². The second-order valence-electron chi connectivity index (χ2n) is 4.44. The SMILES string of the molecule is CCC(CC)NC(=O)c1cccc(NS(C)(=O)=O)c1. The molecule has 1 aromatic carbocycles. The second kappa shape index (κ2) is 6.56. The summed E-state index contributed by atoms with van der Waals surface area (Å²) < 4.78 is 24.6. The Morgan fingerprint density at radius 2 is 1.89 bits per heavy atom. The van der Waals surface area contributed by atoms with Crippen LogP contribution in [0, 0.1) is 0 Å². The fourth-order valence-electron chi connectivity index (χ4n) is 1.70. The summed E-state index contributed by atoms with van der Waals surface area (Å²) in [5.74, 6) is -0.189. The quantitative estimate of drug-likeness (QED) is 0.838. The predicted octanol–water partition coefficient (Wildman–Crippen LogP) is 1.98. The Morgan fingerprint density at radius 3 is 2.42 bits per heavy atom. The molecule has 106 valence electrons. The number of benzene rings is 1. The first kappa shape index (κ1) is 15.5. The number of carbonyl (C=O) groups is 1. The molecule has 0 fully saturated rings. The molecule has 5 nitrogen and oxygen atoms in total. The molecule has 1 amide bonds. The van der Waals surface area contributed by atoms with Crippen molar-refractivity contribution >= 4 is 21.6 Å². The zero-order valence-electron chi connectivity index (χ0n) is 11.4. The third-order valence-electron chi connectivity index (χ3n) is 2.75. The van der Waals surface area contributed by atoms with Crippen molar-refractivity contribution in [3.63, 3.8) is 0 Å². The lowest BCUT2D eigenvalue weighted by Gasteiger charge is -2.15. The molecule has 1 rings (SSSR count). The molecule has 0 heterocycles. The highest BCUT2D eigenvalue weighted by molar-refractivity contribution is 7.92. The summed E-state index contributed by atoms with van der Waals surface area (Å²) in [6.45, 7) is 4.02. The maximum absolute atomic E-state index is 12.0. The van der Waals surface area contributed by atoms with E-state index in [4.69, 9.17) is 0 Å². The molecule has 0 unspecified atom stereocenters. The summed E-state index contributed by atoms with van der Waals surface area (Å²) >= 11 is 0. The monoisotopic (exact) mass is 284 g/mol. The summed E-state index contributed by atoms with van der Waals surface area (Å²) in [6.07, 6.45) is 2.80. The van der Waals surface area contributed by atoms with Gasteiger partial charge in [0.05, 0.1) is 6.26 Å². The molecule has 0 atom stereocenters. The minimum Gasteiger partial charge on any atom is -0.349 e. The lowest BCUT2D eigenvalue weighted by molar-refractivity contribution is 0.0935. The summed E-state index contributed by atoms with van der Waals surface area (Å²) in [5, 5.41) is 2.91. The van der Waals surface area contributed by atoms with Gasteiger partial charge in [-0.25, -0.2) is 8.42 Å². The zero-order valence-corrected chi connectivity index (χ0v) is 12.3. The third-order valence-corrected chi connectivity index (χ3v) is 3.36. The van der Waals surface area contributed by atoms with Crippen molar-refractivity contribution in [1.29, 1.82) is 0 Å². The van der Waals surface area contributed by atoms with Crippen molar-refractivity contribution in [3.05, 3.63) is 29.8 Å². The van der Waals surface area contributed by atoms with E-state index >= 15 is 0 Å². The van der Waals surface area contributed by atoms with Crippen LogP contribution in [0.25, 0.3) is 0 Å². The van der Waals surface area contributed by atoms with E-state index in [-0.39, 0.29) is 11.9 Å². The largest absolute Gasteiger partial charge is 0.349 e. The minimum absolute atomic E-state index is 0.138. The fourth-order valence-corrected chi connectivity index (χ4v) is 2.25. The highest BCUT2D eigenvalue weighted by atomic mass is 32.2. The summed E-state index contributed by atoms with van der Waals surface area (Å²) in [4.78, 5) is 12.0. The Morgan fingerprint density at radius 1 is 1.26 bits per heavy atom. The van der Waals surface area contributed by atoms with Crippen LogP contribution in [0.2, 0.25) is 0 Å². The molecule has 0 aliphatic heterocycles. The van der Waals surface area contributed by atoms with Gasteiger partial charge in [-0.3, -0.25) is 9.52 Å². The number of rotatable bonds is 6. The van der Waals surface area contributed by atoms with Crippen molar-refractivity contribution in [1.82, 2.24) is 5.32 Å². The minimum atomic E-state index is -3.33. The van der Waals surface area contributed by atoms with E-state index < -0.39 is 10.0 Å². The van der Waals surface area contributed by atoms with E-state index in [0.717, 1.165) is 19.1 Å². The van der Waals surface area contributed by atoms with E-state index in [2.05, 4.69) is 10.0 Å². The molecule has 0 bridgehead atoms. The Balaban J connectivity index is 2.84. The fraction of sp³-hybridized carbons (Fsp3) is 0.462. The number of amides is 1. The van der Waals surface area contributed by atoms with Crippen molar-refractivity contribution in [2.24, 2.45) is 0 Å². The van der Waals surface area contributed by atoms with Crippen molar-refractivity contribution < 1.29 is 13.2 Å². The van der Waals surface area contributed by atoms with E-state index in [1.807, 2.05) is 13.8 Å². The Bertz CT molecular complexity index is 537. The summed E-state index contributed by atoms with van der Waals surface area (Å²) in [7, 11) is -3.33. The van der Waals surface area contributed by atoms with Crippen LogP contribution in [-0.2, 0) is 10.0 Å². The molecule has 1 aromatic rings. The molecule has 19 heavy (non-hydrogen) atoms. The maximum Gasteiger partial charge on any atom is 0.251 e. The zero-order chi connectivity index (χ0) is 14.5. The number of hydrogen-bond acceptors (Lipinski definition) is 3. The highest BCUT2D eigenvalue weighted by Gasteiger charge is 2.11. The molecule has 6 heteroatoms. The van der Waals surface area contributed by atoms with Gasteiger partial charge in [-0.15, -0.1) is 0 Å². The first-order valence-corrected chi connectivity index (χ1v) is 8.13. The van der Waals surface area contributed by atoms with Crippen LogP contribution in [0.1, 0.15) is 37.0 Å². The first-order valence-electron chi connectivity index (χ1n) is 6.24. The van der Waals surface area contributed by atoms with Gasteiger partial charge in [-0.2, -0.15) is 0 Å². The van der Waals surface area contributed by atoms with Crippen LogP contribution in [0.5, 0.6) is 0 Å². The van der Waals surface area contributed by atoms with Gasteiger partial charge in [0, 0.05) is 17.3 Å². The average molecular weight is 284 g/mol. The molecule has 0 aliphatic carbocycles. The summed E-state index contributed by atoms with van der Waals surface area (Å²) in [5.41, 5.74) is 0.834. The van der Waals surface area contributed by atoms with Gasteiger partial charge in [-0.1, -0.05) is 19.9 Å². The predicted molar refractivity (Wildman–Crippen MR) is 76.7 cm³/mol.